The van der Waals surface area contributed by atoms with E-state index < -0.39 is 0 Å². The summed E-state index contributed by atoms with van der Waals surface area (Å²) in [6, 6.07) is 6.63. The molecule has 1 saturated carbocycles. The largest absolute Gasteiger partial charge is 0.381 e. The normalized spacial score (nSPS) is 23.8. The maximum absolute atomic E-state index is 6.04. The lowest BCUT2D eigenvalue weighted by molar-refractivity contribution is 0.309. The van der Waals surface area contributed by atoms with Gasteiger partial charge in [-0.15, -0.1) is 0 Å². The van der Waals surface area contributed by atoms with Crippen LogP contribution in [0.2, 0.25) is 5.02 Å². The summed E-state index contributed by atoms with van der Waals surface area (Å²) in [4.78, 5) is 2.11. The Kier molecular flexibility index (Phi) is 3.29. The van der Waals surface area contributed by atoms with Crippen LogP contribution in [0.1, 0.15) is 19.8 Å². The molecule has 0 aromatic heterocycles. The zero-order valence-corrected chi connectivity index (χ0v) is 10.9. The van der Waals surface area contributed by atoms with Crippen molar-refractivity contribution in [2.45, 2.75) is 25.8 Å². The topological polar surface area (TPSA) is 15.3 Å². The molecule has 1 fully saturated rings. The first-order valence-electron chi connectivity index (χ1n) is 5.79. The highest BCUT2D eigenvalue weighted by molar-refractivity contribution is 6.31. The van der Waals surface area contributed by atoms with Crippen LogP contribution in [0.15, 0.2) is 18.2 Å². The van der Waals surface area contributed by atoms with Gasteiger partial charge in [0, 0.05) is 25.2 Å². The van der Waals surface area contributed by atoms with E-state index >= 15 is 0 Å². The maximum Gasteiger partial charge on any atom is 0.0597 e. The molecule has 0 radical (unpaired) electrons. The number of nitrogens with one attached hydrogen (secondary N) is 1. The van der Waals surface area contributed by atoms with Crippen LogP contribution in [0, 0.1) is 5.92 Å². The number of nitrogens with zero attached hydrogens (tertiary/aromatic N) is 1. The Hall–Kier alpha value is -0.890. The van der Waals surface area contributed by atoms with Gasteiger partial charge in [0.2, 0.25) is 0 Å². The van der Waals surface area contributed by atoms with Crippen molar-refractivity contribution in [3.8, 4) is 0 Å². The Balaban J connectivity index is 2.14. The highest BCUT2D eigenvalue weighted by atomic mass is 35.5. The van der Waals surface area contributed by atoms with E-state index in [0.717, 1.165) is 16.6 Å². The van der Waals surface area contributed by atoms with E-state index in [1.165, 1.54) is 18.5 Å². The quantitative estimate of drug-likeness (QED) is 0.866. The molecular weight excluding hydrogens is 220 g/mol. The predicted octanol–water partition coefficient (Wildman–Crippen LogP) is 3.62. The van der Waals surface area contributed by atoms with E-state index in [1.54, 1.807) is 0 Å². The molecular formula is C13H19ClN2. The van der Waals surface area contributed by atoms with Gasteiger partial charge in [-0.25, -0.2) is 0 Å². The van der Waals surface area contributed by atoms with Crippen LogP contribution in [-0.4, -0.2) is 20.1 Å². The minimum absolute atomic E-state index is 0.618. The zero-order chi connectivity index (χ0) is 11.7. The summed E-state index contributed by atoms with van der Waals surface area (Å²) in [6.45, 7) is 2.29. The van der Waals surface area contributed by atoms with Crippen LogP contribution in [0.4, 0.5) is 11.4 Å². The molecule has 1 N–H and O–H groups in total. The van der Waals surface area contributed by atoms with Crippen molar-refractivity contribution in [1.82, 2.24) is 0 Å². The first-order chi connectivity index (χ1) is 7.56. The van der Waals surface area contributed by atoms with Gasteiger partial charge in [0.1, 0.15) is 0 Å². The molecule has 0 unspecified atom stereocenters. The Morgan fingerprint density at radius 3 is 2.56 bits per heavy atom. The average molecular weight is 239 g/mol. The summed E-state index contributed by atoms with van der Waals surface area (Å²) in [5.41, 5.74) is 2.35. The van der Waals surface area contributed by atoms with Gasteiger partial charge in [-0.3, -0.25) is 0 Å². The maximum atomic E-state index is 6.04. The monoisotopic (exact) mass is 238 g/mol. The molecule has 0 amide bonds. The van der Waals surface area contributed by atoms with Gasteiger partial charge in [0.25, 0.3) is 0 Å². The van der Waals surface area contributed by atoms with E-state index in [-0.39, 0.29) is 0 Å². The van der Waals surface area contributed by atoms with E-state index in [2.05, 4.69) is 37.3 Å². The summed E-state index contributed by atoms with van der Waals surface area (Å²) in [5, 5.41) is 4.37. The fraction of sp³-hybridized carbons (Fsp3) is 0.538. The second kappa shape index (κ2) is 4.54. The highest BCUT2D eigenvalue weighted by Crippen LogP contribution is 2.34. The molecule has 1 aromatic rings. The smallest absolute Gasteiger partial charge is 0.0597 e. The Labute approximate surface area is 103 Å². The number of benzene rings is 1. The van der Waals surface area contributed by atoms with Crippen molar-refractivity contribution in [3.63, 3.8) is 0 Å². The van der Waals surface area contributed by atoms with Crippen molar-refractivity contribution in [2.24, 2.45) is 5.92 Å². The summed E-state index contributed by atoms with van der Waals surface area (Å²) < 4.78 is 0. The molecule has 1 aromatic carbocycles. The number of anilines is 2. The minimum Gasteiger partial charge on any atom is -0.381 e. The molecule has 88 valence electrons. The highest BCUT2D eigenvalue weighted by Gasteiger charge is 2.25. The molecule has 0 heterocycles. The minimum atomic E-state index is 0.618. The van der Waals surface area contributed by atoms with Crippen molar-refractivity contribution in [3.05, 3.63) is 23.2 Å². The zero-order valence-electron chi connectivity index (χ0n) is 10.1. The van der Waals surface area contributed by atoms with Gasteiger partial charge in [-0.2, -0.15) is 0 Å². The van der Waals surface area contributed by atoms with Crippen molar-refractivity contribution in [2.75, 3.05) is 24.3 Å². The van der Waals surface area contributed by atoms with Crippen LogP contribution in [0.3, 0.4) is 0 Å². The molecule has 16 heavy (non-hydrogen) atoms. The summed E-state index contributed by atoms with van der Waals surface area (Å²) in [5.74, 6) is 0.861. The van der Waals surface area contributed by atoms with Gasteiger partial charge in [-0.05, 0) is 37.0 Å². The fourth-order valence-corrected chi connectivity index (χ4v) is 2.43. The third kappa shape index (κ3) is 2.43. The fourth-order valence-electron chi connectivity index (χ4n) is 2.25. The molecule has 3 heteroatoms. The molecule has 0 spiro atoms. The lowest BCUT2D eigenvalue weighted by Gasteiger charge is -2.35. The van der Waals surface area contributed by atoms with E-state index in [1.807, 2.05) is 12.1 Å². The second-order valence-electron chi connectivity index (χ2n) is 4.97. The molecule has 0 atom stereocenters. The van der Waals surface area contributed by atoms with Crippen LogP contribution in [0.25, 0.3) is 0 Å². The summed E-state index contributed by atoms with van der Waals surface area (Å²) in [6.07, 6.45) is 2.53. The number of hydrogen-bond donors (Lipinski definition) is 1. The van der Waals surface area contributed by atoms with E-state index in [4.69, 9.17) is 11.6 Å². The van der Waals surface area contributed by atoms with Crippen LogP contribution in [-0.2, 0) is 0 Å². The molecule has 0 saturated heterocycles. The Morgan fingerprint density at radius 1 is 1.31 bits per heavy atom. The lowest BCUT2D eigenvalue weighted by atomic mass is 9.82. The van der Waals surface area contributed by atoms with E-state index in [0.29, 0.717) is 6.04 Å². The third-order valence-corrected chi connectivity index (χ3v) is 3.41. The molecule has 1 aliphatic carbocycles. The van der Waals surface area contributed by atoms with Crippen molar-refractivity contribution in [1.29, 1.82) is 0 Å². The van der Waals surface area contributed by atoms with Crippen molar-refractivity contribution < 1.29 is 0 Å². The molecule has 0 aliphatic heterocycles. The molecule has 0 bridgehead atoms. The van der Waals surface area contributed by atoms with Gasteiger partial charge >= 0.3 is 0 Å². The summed E-state index contributed by atoms with van der Waals surface area (Å²) >= 11 is 6.04. The first kappa shape index (κ1) is 11.6. The molecule has 2 nitrogen and oxygen atoms in total. The lowest BCUT2D eigenvalue weighted by Crippen LogP contribution is -2.34. The van der Waals surface area contributed by atoms with Crippen LogP contribution in [0.5, 0.6) is 0 Å². The summed E-state index contributed by atoms with van der Waals surface area (Å²) in [7, 11) is 4.11. The SMILES string of the molecule is CC1CC(Nc2cc(Cl)ccc2N(C)C)C1. The number of hydrogen-bond acceptors (Lipinski definition) is 2. The third-order valence-electron chi connectivity index (χ3n) is 3.17. The number of rotatable bonds is 3. The standard InChI is InChI=1S/C13H19ClN2/c1-9-6-11(7-9)15-12-8-10(14)4-5-13(12)16(2)3/h4-5,8-9,11,15H,6-7H2,1-3H3. The predicted molar refractivity (Wildman–Crippen MR) is 71.6 cm³/mol. The molecule has 2 rings (SSSR count). The molecule has 1 aliphatic rings. The van der Waals surface area contributed by atoms with Gasteiger partial charge in [0.15, 0.2) is 0 Å². The van der Waals surface area contributed by atoms with E-state index in [9.17, 15) is 0 Å². The Bertz CT molecular complexity index is 370. The van der Waals surface area contributed by atoms with Crippen LogP contribution < -0.4 is 10.2 Å². The Morgan fingerprint density at radius 2 is 2.00 bits per heavy atom. The average Bonchev–Trinajstić information content (AvgIpc) is 2.15. The van der Waals surface area contributed by atoms with Gasteiger partial charge in [-0.1, -0.05) is 18.5 Å². The number of halogens is 1. The van der Waals surface area contributed by atoms with Gasteiger partial charge in [0.05, 0.1) is 11.4 Å². The van der Waals surface area contributed by atoms with Crippen molar-refractivity contribution >= 4 is 23.0 Å². The second-order valence-corrected chi connectivity index (χ2v) is 5.41. The van der Waals surface area contributed by atoms with Crippen LogP contribution >= 0.6 is 11.6 Å². The van der Waals surface area contributed by atoms with Gasteiger partial charge < -0.3 is 10.2 Å². The first-order valence-corrected chi connectivity index (χ1v) is 6.17.